The van der Waals surface area contributed by atoms with Gasteiger partial charge in [0.1, 0.15) is 11.6 Å². The first kappa shape index (κ1) is 13.1. The Hall–Kier alpha value is -2.88. The lowest BCUT2D eigenvalue weighted by Crippen LogP contribution is -2.30. The van der Waals surface area contributed by atoms with Crippen molar-refractivity contribution >= 4 is 11.7 Å². The van der Waals surface area contributed by atoms with Crippen molar-refractivity contribution in [3.05, 3.63) is 84.4 Å². The van der Waals surface area contributed by atoms with E-state index < -0.39 is 0 Å². The van der Waals surface area contributed by atoms with Crippen LogP contribution in [0.1, 0.15) is 16.1 Å². The molecule has 1 aromatic carbocycles. The molecule has 0 bridgehead atoms. The summed E-state index contributed by atoms with van der Waals surface area (Å²) < 4.78 is 5.35. The lowest BCUT2D eigenvalue weighted by Gasteiger charge is -2.20. The molecular formula is C17H14N2O2. The molecule has 0 aliphatic heterocycles. The highest BCUT2D eigenvalue weighted by molar-refractivity contribution is 6.05. The Labute approximate surface area is 122 Å². The molecule has 3 aromatic rings. The van der Waals surface area contributed by atoms with Crippen LogP contribution in [0.25, 0.3) is 0 Å². The second-order valence-corrected chi connectivity index (χ2v) is 4.52. The van der Waals surface area contributed by atoms with Crippen molar-refractivity contribution < 1.29 is 9.21 Å². The predicted molar refractivity (Wildman–Crippen MR) is 79.9 cm³/mol. The van der Waals surface area contributed by atoms with Crippen LogP contribution in [0, 0.1) is 0 Å². The highest BCUT2D eigenvalue weighted by Gasteiger charge is 2.19. The molecule has 104 valence electrons. The summed E-state index contributed by atoms with van der Waals surface area (Å²) in [5, 5.41) is 0. The number of amides is 1. The molecule has 4 nitrogen and oxygen atoms in total. The van der Waals surface area contributed by atoms with Gasteiger partial charge in [0.2, 0.25) is 0 Å². The third-order valence-corrected chi connectivity index (χ3v) is 3.09. The van der Waals surface area contributed by atoms with E-state index in [0.29, 0.717) is 23.7 Å². The molecule has 0 atom stereocenters. The number of benzene rings is 1. The second-order valence-electron chi connectivity index (χ2n) is 4.52. The van der Waals surface area contributed by atoms with Crippen LogP contribution in [0.3, 0.4) is 0 Å². The van der Waals surface area contributed by atoms with Crippen LogP contribution in [0.4, 0.5) is 5.82 Å². The standard InChI is InChI=1S/C17H14N2O2/c20-17(14-7-2-1-3-8-14)19(13-15-9-6-12-21-15)16-10-4-5-11-18-16/h1-12H,13H2. The number of carbonyl (C=O) groups is 1. The number of hydrogen-bond acceptors (Lipinski definition) is 3. The first-order valence-corrected chi connectivity index (χ1v) is 6.65. The van der Waals surface area contributed by atoms with Crippen molar-refractivity contribution in [2.24, 2.45) is 0 Å². The quantitative estimate of drug-likeness (QED) is 0.733. The maximum Gasteiger partial charge on any atom is 0.259 e. The number of hydrogen-bond donors (Lipinski definition) is 0. The van der Waals surface area contributed by atoms with Crippen molar-refractivity contribution in [2.45, 2.75) is 6.54 Å². The summed E-state index contributed by atoms with van der Waals surface area (Å²) in [4.78, 5) is 18.6. The Bertz CT molecular complexity index is 694. The largest absolute Gasteiger partial charge is 0.467 e. The molecule has 4 heteroatoms. The van der Waals surface area contributed by atoms with Crippen LogP contribution >= 0.6 is 0 Å². The smallest absolute Gasteiger partial charge is 0.259 e. The van der Waals surface area contributed by atoms with Crippen LogP contribution in [-0.4, -0.2) is 10.9 Å². The van der Waals surface area contributed by atoms with E-state index in [1.165, 1.54) is 0 Å². The van der Waals surface area contributed by atoms with E-state index in [9.17, 15) is 4.79 Å². The molecule has 0 radical (unpaired) electrons. The van der Waals surface area contributed by atoms with Gasteiger partial charge in [0, 0.05) is 11.8 Å². The lowest BCUT2D eigenvalue weighted by atomic mass is 10.2. The molecule has 0 aliphatic carbocycles. The van der Waals surface area contributed by atoms with Crippen molar-refractivity contribution in [3.8, 4) is 0 Å². The fourth-order valence-electron chi connectivity index (χ4n) is 2.07. The molecule has 0 unspecified atom stereocenters. The molecule has 3 rings (SSSR count). The van der Waals surface area contributed by atoms with Crippen LogP contribution < -0.4 is 4.90 Å². The Morgan fingerprint density at radius 1 is 1.00 bits per heavy atom. The molecule has 0 saturated heterocycles. The van der Waals surface area contributed by atoms with Gasteiger partial charge in [-0.25, -0.2) is 4.98 Å². The second kappa shape index (κ2) is 6.05. The van der Waals surface area contributed by atoms with Gasteiger partial charge in [-0.1, -0.05) is 24.3 Å². The van der Waals surface area contributed by atoms with Gasteiger partial charge in [-0.2, -0.15) is 0 Å². The van der Waals surface area contributed by atoms with E-state index >= 15 is 0 Å². The Morgan fingerprint density at radius 3 is 2.48 bits per heavy atom. The van der Waals surface area contributed by atoms with E-state index in [-0.39, 0.29) is 5.91 Å². The Balaban J connectivity index is 1.94. The Morgan fingerprint density at radius 2 is 1.81 bits per heavy atom. The van der Waals surface area contributed by atoms with Crippen LogP contribution in [0.2, 0.25) is 0 Å². The van der Waals surface area contributed by atoms with E-state index in [2.05, 4.69) is 4.98 Å². The molecule has 0 fully saturated rings. The molecular weight excluding hydrogens is 264 g/mol. The number of carbonyl (C=O) groups excluding carboxylic acids is 1. The fraction of sp³-hybridized carbons (Fsp3) is 0.0588. The summed E-state index contributed by atoms with van der Waals surface area (Å²) >= 11 is 0. The number of anilines is 1. The average Bonchev–Trinajstić information content (AvgIpc) is 3.07. The van der Waals surface area contributed by atoms with Gasteiger partial charge in [-0.15, -0.1) is 0 Å². The van der Waals surface area contributed by atoms with Gasteiger partial charge in [-0.05, 0) is 36.4 Å². The zero-order chi connectivity index (χ0) is 14.5. The van der Waals surface area contributed by atoms with Crippen molar-refractivity contribution in [2.75, 3.05) is 4.90 Å². The molecule has 0 spiro atoms. The number of furan rings is 1. The minimum atomic E-state index is -0.106. The van der Waals surface area contributed by atoms with E-state index in [4.69, 9.17) is 4.42 Å². The van der Waals surface area contributed by atoms with Crippen LogP contribution in [0.5, 0.6) is 0 Å². The zero-order valence-electron chi connectivity index (χ0n) is 11.3. The van der Waals surface area contributed by atoms with Crippen LogP contribution in [0.15, 0.2) is 77.5 Å². The summed E-state index contributed by atoms with van der Waals surface area (Å²) in [5.41, 5.74) is 0.620. The third kappa shape index (κ3) is 3.00. The third-order valence-electron chi connectivity index (χ3n) is 3.09. The predicted octanol–water partition coefficient (Wildman–Crippen LogP) is 3.52. The minimum absolute atomic E-state index is 0.106. The fourth-order valence-corrected chi connectivity index (χ4v) is 2.07. The van der Waals surface area contributed by atoms with Gasteiger partial charge >= 0.3 is 0 Å². The molecule has 0 N–H and O–H groups in total. The van der Waals surface area contributed by atoms with Gasteiger partial charge in [0.05, 0.1) is 12.8 Å². The van der Waals surface area contributed by atoms with Gasteiger partial charge < -0.3 is 4.42 Å². The minimum Gasteiger partial charge on any atom is -0.467 e. The molecule has 1 amide bonds. The maximum absolute atomic E-state index is 12.7. The summed E-state index contributed by atoms with van der Waals surface area (Å²) in [6.45, 7) is 0.345. The average molecular weight is 278 g/mol. The number of aromatic nitrogens is 1. The highest BCUT2D eigenvalue weighted by Crippen LogP contribution is 2.17. The molecule has 2 aromatic heterocycles. The van der Waals surface area contributed by atoms with Gasteiger partial charge in [-0.3, -0.25) is 9.69 Å². The first-order chi connectivity index (χ1) is 10.3. The van der Waals surface area contributed by atoms with Crippen molar-refractivity contribution in [1.29, 1.82) is 0 Å². The number of rotatable bonds is 4. The molecule has 21 heavy (non-hydrogen) atoms. The first-order valence-electron chi connectivity index (χ1n) is 6.65. The number of nitrogens with zero attached hydrogens (tertiary/aromatic N) is 2. The highest BCUT2D eigenvalue weighted by atomic mass is 16.3. The maximum atomic E-state index is 12.7. The lowest BCUT2D eigenvalue weighted by molar-refractivity contribution is 0.0982. The van der Waals surface area contributed by atoms with E-state index in [1.807, 2.05) is 42.5 Å². The summed E-state index contributed by atoms with van der Waals surface area (Å²) in [7, 11) is 0. The van der Waals surface area contributed by atoms with E-state index in [0.717, 1.165) is 0 Å². The van der Waals surface area contributed by atoms with Crippen molar-refractivity contribution in [3.63, 3.8) is 0 Å². The zero-order valence-corrected chi connectivity index (χ0v) is 11.3. The van der Waals surface area contributed by atoms with E-state index in [1.54, 1.807) is 35.6 Å². The molecule has 0 aliphatic rings. The number of pyridine rings is 1. The Kier molecular flexibility index (Phi) is 3.78. The topological polar surface area (TPSA) is 46.3 Å². The summed E-state index contributed by atoms with van der Waals surface area (Å²) in [6, 6.07) is 18.3. The molecule has 0 saturated carbocycles. The molecule has 2 heterocycles. The monoisotopic (exact) mass is 278 g/mol. The normalized spacial score (nSPS) is 10.3. The summed E-state index contributed by atoms with van der Waals surface area (Å²) in [5.74, 6) is 1.21. The van der Waals surface area contributed by atoms with Gasteiger partial charge in [0.25, 0.3) is 5.91 Å². The summed E-state index contributed by atoms with van der Waals surface area (Å²) in [6.07, 6.45) is 3.27. The van der Waals surface area contributed by atoms with Gasteiger partial charge in [0.15, 0.2) is 0 Å². The van der Waals surface area contributed by atoms with Crippen LogP contribution in [-0.2, 0) is 6.54 Å². The van der Waals surface area contributed by atoms with Crippen molar-refractivity contribution in [1.82, 2.24) is 4.98 Å². The SMILES string of the molecule is O=C(c1ccccc1)N(Cc1ccco1)c1ccccn1.